The lowest BCUT2D eigenvalue weighted by molar-refractivity contribution is -0.141. The first-order valence-corrected chi connectivity index (χ1v) is 13.4. The zero-order chi connectivity index (χ0) is 27.0. The van der Waals surface area contributed by atoms with Gasteiger partial charge in [-0.2, -0.15) is 4.31 Å². The van der Waals surface area contributed by atoms with Crippen molar-refractivity contribution in [1.29, 1.82) is 0 Å². The Hall–Kier alpha value is -3.56. The number of hydrogen-bond donors (Lipinski definition) is 1. The average molecular weight is 526 g/mol. The summed E-state index contributed by atoms with van der Waals surface area (Å²) in [5.41, 5.74) is 1.94. The Morgan fingerprint density at radius 3 is 2.19 bits per heavy atom. The Balaban J connectivity index is 1.96. The Morgan fingerprint density at radius 2 is 1.57 bits per heavy atom. The van der Waals surface area contributed by atoms with Gasteiger partial charge in [0.15, 0.2) is 0 Å². The molecule has 0 saturated carbocycles. The standard InChI is InChI=1S/C28H32FN3O4S/c1-4-30-28(34)26(18-22-10-6-5-7-11-22)32(19-23-12-8-9-13-25(23)29)27(33)20-31(3)37(35,36)24-16-14-21(2)15-17-24/h5-17,26H,4,18-20H2,1-3H3,(H,30,34). The van der Waals surface area contributed by atoms with E-state index >= 15 is 0 Å². The molecule has 9 heteroatoms. The molecule has 1 unspecified atom stereocenters. The monoisotopic (exact) mass is 525 g/mol. The van der Waals surface area contributed by atoms with Gasteiger partial charge in [0, 0.05) is 32.1 Å². The van der Waals surface area contributed by atoms with Gasteiger partial charge in [0.2, 0.25) is 21.8 Å². The minimum absolute atomic E-state index is 0.0543. The van der Waals surface area contributed by atoms with E-state index < -0.39 is 40.2 Å². The Labute approximate surface area is 218 Å². The summed E-state index contributed by atoms with van der Waals surface area (Å²) in [6.45, 7) is 3.24. The van der Waals surface area contributed by atoms with E-state index in [1.54, 1.807) is 31.2 Å². The summed E-state index contributed by atoms with van der Waals surface area (Å²) in [6, 6.07) is 20.5. The molecule has 0 aliphatic rings. The van der Waals surface area contributed by atoms with Crippen molar-refractivity contribution in [3.63, 3.8) is 0 Å². The number of rotatable bonds is 11. The highest BCUT2D eigenvalue weighted by atomic mass is 32.2. The molecule has 3 aromatic rings. The molecule has 3 rings (SSSR count). The second kappa shape index (κ2) is 12.6. The van der Waals surface area contributed by atoms with Gasteiger partial charge in [-0.25, -0.2) is 12.8 Å². The molecule has 0 spiro atoms. The van der Waals surface area contributed by atoms with E-state index in [0.29, 0.717) is 6.54 Å². The minimum Gasteiger partial charge on any atom is -0.355 e. The van der Waals surface area contributed by atoms with Crippen molar-refractivity contribution < 1.29 is 22.4 Å². The van der Waals surface area contributed by atoms with Crippen molar-refractivity contribution in [1.82, 2.24) is 14.5 Å². The number of nitrogens with zero attached hydrogens (tertiary/aromatic N) is 2. The van der Waals surface area contributed by atoms with Gasteiger partial charge in [-0.05, 0) is 37.6 Å². The SMILES string of the molecule is CCNC(=O)C(Cc1ccccc1)N(Cc1ccccc1F)C(=O)CN(C)S(=O)(=O)c1ccc(C)cc1. The van der Waals surface area contributed by atoms with Crippen LogP contribution in [0.2, 0.25) is 0 Å². The van der Waals surface area contributed by atoms with Gasteiger partial charge in [-0.1, -0.05) is 66.2 Å². The highest BCUT2D eigenvalue weighted by Gasteiger charge is 2.33. The number of benzene rings is 3. The van der Waals surface area contributed by atoms with Gasteiger partial charge in [0.25, 0.3) is 0 Å². The highest BCUT2D eigenvalue weighted by Crippen LogP contribution is 2.19. The third-order valence-electron chi connectivity index (χ3n) is 6.01. The van der Waals surface area contributed by atoms with E-state index in [1.165, 1.54) is 36.2 Å². The van der Waals surface area contributed by atoms with Gasteiger partial charge < -0.3 is 10.2 Å². The molecule has 0 radical (unpaired) electrons. The summed E-state index contributed by atoms with van der Waals surface area (Å²) in [7, 11) is -2.66. The van der Waals surface area contributed by atoms with Crippen LogP contribution in [0.15, 0.2) is 83.8 Å². The maximum atomic E-state index is 14.6. The first-order valence-electron chi connectivity index (χ1n) is 12.0. The van der Waals surface area contributed by atoms with Gasteiger partial charge in [0.1, 0.15) is 11.9 Å². The largest absolute Gasteiger partial charge is 0.355 e. The summed E-state index contributed by atoms with van der Waals surface area (Å²) in [5, 5.41) is 2.76. The van der Waals surface area contributed by atoms with Crippen molar-refractivity contribution >= 4 is 21.8 Å². The Morgan fingerprint density at radius 1 is 0.946 bits per heavy atom. The van der Waals surface area contributed by atoms with Crippen LogP contribution in [-0.2, 0) is 32.6 Å². The summed E-state index contributed by atoms with van der Waals surface area (Å²) in [6.07, 6.45) is 0.182. The highest BCUT2D eigenvalue weighted by molar-refractivity contribution is 7.89. The maximum absolute atomic E-state index is 14.6. The van der Waals surface area contributed by atoms with Crippen molar-refractivity contribution in [2.45, 2.75) is 37.8 Å². The van der Waals surface area contributed by atoms with Crippen LogP contribution in [0.1, 0.15) is 23.6 Å². The second-order valence-electron chi connectivity index (χ2n) is 8.79. The third-order valence-corrected chi connectivity index (χ3v) is 7.83. The molecule has 7 nitrogen and oxygen atoms in total. The van der Waals surface area contributed by atoms with Crippen LogP contribution < -0.4 is 5.32 Å². The molecule has 37 heavy (non-hydrogen) atoms. The van der Waals surface area contributed by atoms with Crippen LogP contribution >= 0.6 is 0 Å². The van der Waals surface area contributed by atoms with Crippen LogP contribution in [0, 0.1) is 12.7 Å². The summed E-state index contributed by atoms with van der Waals surface area (Å²) < 4.78 is 41.8. The van der Waals surface area contributed by atoms with Crippen LogP contribution in [0.4, 0.5) is 4.39 Å². The predicted molar refractivity (Wildman–Crippen MR) is 141 cm³/mol. The molecular formula is C28H32FN3O4S. The maximum Gasteiger partial charge on any atom is 0.243 e. The normalized spacial score (nSPS) is 12.2. The van der Waals surface area contributed by atoms with E-state index in [1.807, 2.05) is 37.3 Å². The first kappa shape index (κ1) is 28.0. The first-order chi connectivity index (χ1) is 17.6. The number of nitrogens with one attached hydrogen (secondary N) is 1. The lowest BCUT2D eigenvalue weighted by Gasteiger charge is -2.32. The molecule has 0 aromatic heterocycles. The lowest BCUT2D eigenvalue weighted by Crippen LogP contribution is -2.53. The Kier molecular flexibility index (Phi) is 9.54. The Bertz CT molecular complexity index is 1310. The van der Waals surface area contributed by atoms with E-state index in [4.69, 9.17) is 0 Å². The number of carbonyl (C=O) groups is 2. The summed E-state index contributed by atoms with van der Waals surface area (Å²) in [4.78, 5) is 28.1. The topological polar surface area (TPSA) is 86.8 Å². The molecular weight excluding hydrogens is 493 g/mol. The average Bonchev–Trinajstić information content (AvgIpc) is 2.88. The quantitative estimate of drug-likeness (QED) is 0.415. The van der Waals surface area contributed by atoms with Crippen molar-refractivity contribution in [2.75, 3.05) is 20.1 Å². The van der Waals surface area contributed by atoms with Gasteiger partial charge in [0.05, 0.1) is 11.4 Å². The van der Waals surface area contributed by atoms with E-state index in [-0.39, 0.29) is 23.4 Å². The van der Waals surface area contributed by atoms with E-state index in [9.17, 15) is 22.4 Å². The molecule has 1 atom stereocenters. The van der Waals surface area contributed by atoms with Crippen LogP contribution in [0.3, 0.4) is 0 Å². The molecule has 0 heterocycles. The van der Waals surface area contributed by atoms with Crippen LogP contribution in [-0.4, -0.2) is 55.6 Å². The molecule has 196 valence electrons. The van der Waals surface area contributed by atoms with Gasteiger partial charge >= 0.3 is 0 Å². The van der Waals surface area contributed by atoms with E-state index in [0.717, 1.165) is 15.4 Å². The number of amides is 2. The number of aryl methyl sites for hydroxylation is 1. The second-order valence-corrected chi connectivity index (χ2v) is 10.8. The summed E-state index contributed by atoms with van der Waals surface area (Å²) >= 11 is 0. The molecule has 2 amide bonds. The van der Waals surface area contributed by atoms with Gasteiger partial charge in [-0.15, -0.1) is 0 Å². The molecule has 0 fully saturated rings. The number of likely N-dealkylation sites (N-methyl/N-ethyl adjacent to an activating group) is 2. The van der Waals surface area contributed by atoms with Crippen LogP contribution in [0.25, 0.3) is 0 Å². The van der Waals surface area contributed by atoms with Crippen LogP contribution in [0.5, 0.6) is 0 Å². The molecule has 0 saturated heterocycles. The lowest BCUT2D eigenvalue weighted by atomic mass is 10.0. The smallest absolute Gasteiger partial charge is 0.243 e. The fraction of sp³-hybridized carbons (Fsp3) is 0.286. The fourth-order valence-corrected chi connectivity index (χ4v) is 5.03. The minimum atomic E-state index is -3.97. The number of carbonyl (C=O) groups excluding carboxylic acids is 2. The molecule has 3 aromatic carbocycles. The summed E-state index contributed by atoms with van der Waals surface area (Å²) in [5.74, 6) is -1.54. The zero-order valence-electron chi connectivity index (χ0n) is 21.2. The third kappa shape index (κ3) is 7.24. The fourth-order valence-electron chi connectivity index (χ4n) is 3.91. The molecule has 0 aliphatic carbocycles. The van der Waals surface area contributed by atoms with Gasteiger partial charge in [-0.3, -0.25) is 9.59 Å². The number of sulfonamides is 1. The molecule has 0 aliphatic heterocycles. The van der Waals surface area contributed by atoms with Crippen molar-refractivity contribution in [3.8, 4) is 0 Å². The van der Waals surface area contributed by atoms with Crippen molar-refractivity contribution in [3.05, 3.63) is 101 Å². The van der Waals surface area contributed by atoms with E-state index in [2.05, 4.69) is 5.32 Å². The molecule has 0 bridgehead atoms. The number of halogens is 1. The predicted octanol–water partition coefficient (Wildman–Crippen LogP) is 3.53. The zero-order valence-corrected chi connectivity index (χ0v) is 22.0. The molecule has 1 N–H and O–H groups in total. The number of hydrogen-bond acceptors (Lipinski definition) is 4. The van der Waals surface area contributed by atoms with Crippen molar-refractivity contribution in [2.24, 2.45) is 0 Å².